The van der Waals surface area contributed by atoms with Gasteiger partial charge in [0, 0.05) is 18.2 Å². The molecule has 0 amide bonds. The van der Waals surface area contributed by atoms with Crippen molar-refractivity contribution in [3.8, 4) is 0 Å². The summed E-state index contributed by atoms with van der Waals surface area (Å²) in [6.07, 6.45) is 1.01. The van der Waals surface area contributed by atoms with Crippen molar-refractivity contribution in [1.82, 2.24) is 9.55 Å². The number of benzene rings is 1. The third-order valence-electron chi connectivity index (χ3n) is 3.58. The third-order valence-corrected chi connectivity index (χ3v) is 3.58. The second-order valence-electron chi connectivity index (χ2n) is 6.32. The SMILES string of the molecule is CCC(COC)n1c(C(C)(C)C)nc2cc(N)ccc21. The molecule has 2 rings (SSSR count). The van der Waals surface area contributed by atoms with Gasteiger partial charge in [0.25, 0.3) is 0 Å². The summed E-state index contributed by atoms with van der Waals surface area (Å²) in [5, 5.41) is 0. The van der Waals surface area contributed by atoms with E-state index in [2.05, 4.69) is 38.3 Å². The van der Waals surface area contributed by atoms with Gasteiger partial charge in [0.05, 0.1) is 23.7 Å². The molecule has 0 saturated carbocycles. The highest BCUT2D eigenvalue weighted by Gasteiger charge is 2.26. The molecule has 0 bridgehead atoms. The number of nitrogens with two attached hydrogens (primary N) is 1. The highest BCUT2D eigenvalue weighted by atomic mass is 16.5. The highest BCUT2D eigenvalue weighted by molar-refractivity contribution is 5.80. The van der Waals surface area contributed by atoms with Crippen LogP contribution in [0, 0.1) is 0 Å². The lowest BCUT2D eigenvalue weighted by molar-refractivity contribution is 0.152. The van der Waals surface area contributed by atoms with Crippen LogP contribution in [0.2, 0.25) is 0 Å². The molecule has 2 N–H and O–H groups in total. The first kappa shape index (κ1) is 14.9. The first-order valence-corrected chi connectivity index (χ1v) is 7.15. The maximum absolute atomic E-state index is 5.89. The monoisotopic (exact) mass is 275 g/mol. The predicted molar refractivity (Wildman–Crippen MR) is 84.0 cm³/mol. The minimum absolute atomic E-state index is 0.0189. The Balaban J connectivity index is 2.70. The number of aromatic nitrogens is 2. The van der Waals surface area contributed by atoms with E-state index in [1.807, 2.05) is 12.1 Å². The number of imidazole rings is 1. The fraction of sp³-hybridized carbons (Fsp3) is 0.562. The van der Waals surface area contributed by atoms with Crippen LogP contribution >= 0.6 is 0 Å². The number of hydrogen-bond acceptors (Lipinski definition) is 3. The molecular formula is C16H25N3O. The Morgan fingerprint density at radius 2 is 2.05 bits per heavy atom. The molecule has 1 atom stereocenters. The van der Waals surface area contributed by atoms with Crippen LogP contribution in [-0.2, 0) is 10.2 Å². The predicted octanol–water partition coefficient (Wildman–Crippen LogP) is 3.51. The zero-order valence-corrected chi connectivity index (χ0v) is 13.1. The highest BCUT2D eigenvalue weighted by Crippen LogP contribution is 2.31. The van der Waals surface area contributed by atoms with Gasteiger partial charge in [-0.05, 0) is 24.6 Å². The molecule has 0 saturated heterocycles. The Hall–Kier alpha value is -1.55. The molecule has 0 fully saturated rings. The Labute approximate surface area is 120 Å². The number of hydrogen-bond donors (Lipinski definition) is 1. The fourth-order valence-electron chi connectivity index (χ4n) is 2.58. The second-order valence-corrected chi connectivity index (χ2v) is 6.32. The van der Waals surface area contributed by atoms with Gasteiger partial charge in [-0.1, -0.05) is 27.7 Å². The van der Waals surface area contributed by atoms with Crippen molar-refractivity contribution >= 4 is 16.7 Å². The summed E-state index contributed by atoms with van der Waals surface area (Å²) in [5.41, 5.74) is 8.71. The molecule has 110 valence electrons. The summed E-state index contributed by atoms with van der Waals surface area (Å²) in [7, 11) is 1.75. The van der Waals surface area contributed by atoms with Gasteiger partial charge in [0.2, 0.25) is 0 Å². The molecule has 4 nitrogen and oxygen atoms in total. The first-order chi connectivity index (χ1) is 9.38. The lowest BCUT2D eigenvalue weighted by atomic mass is 9.95. The number of fused-ring (bicyclic) bond motifs is 1. The maximum atomic E-state index is 5.89. The van der Waals surface area contributed by atoms with Gasteiger partial charge in [0.1, 0.15) is 5.82 Å². The summed E-state index contributed by atoms with van der Waals surface area (Å²) in [4.78, 5) is 4.82. The number of nitrogen functional groups attached to an aromatic ring is 1. The molecule has 0 aliphatic carbocycles. The van der Waals surface area contributed by atoms with Gasteiger partial charge in [-0.15, -0.1) is 0 Å². The van der Waals surface area contributed by atoms with Crippen molar-refractivity contribution < 1.29 is 4.74 Å². The van der Waals surface area contributed by atoms with Crippen molar-refractivity contribution in [2.24, 2.45) is 0 Å². The lowest BCUT2D eigenvalue weighted by Crippen LogP contribution is -2.24. The van der Waals surface area contributed by atoms with Crippen molar-refractivity contribution in [1.29, 1.82) is 0 Å². The average Bonchev–Trinajstić information content (AvgIpc) is 2.74. The molecule has 1 heterocycles. The topological polar surface area (TPSA) is 53.1 Å². The van der Waals surface area contributed by atoms with Gasteiger partial charge < -0.3 is 15.0 Å². The van der Waals surface area contributed by atoms with Gasteiger partial charge in [-0.2, -0.15) is 0 Å². The van der Waals surface area contributed by atoms with E-state index in [1.165, 1.54) is 0 Å². The molecular weight excluding hydrogens is 250 g/mol. The van der Waals surface area contributed by atoms with Crippen LogP contribution in [-0.4, -0.2) is 23.3 Å². The Bertz CT molecular complexity index is 596. The van der Waals surface area contributed by atoms with E-state index in [0.29, 0.717) is 12.6 Å². The average molecular weight is 275 g/mol. The van der Waals surface area contributed by atoms with Gasteiger partial charge in [-0.25, -0.2) is 4.98 Å². The molecule has 0 spiro atoms. The van der Waals surface area contributed by atoms with Crippen molar-refractivity contribution in [3.63, 3.8) is 0 Å². The Kier molecular flexibility index (Phi) is 4.04. The molecule has 1 unspecified atom stereocenters. The van der Waals surface area contributed by atoms with Gasteiger partial charge in [0.15, 0.2) is 0 Å². The normalized spacial score (nSPS) is 13.8. The molecule has 0 aliphatic rings. The van der Waals surface area contributed by atoms with E-state index in [-0.39, 0.29) is 5.41 Å². The van der Waals surface area contributed by atoms with Crippen LogP contribution in [0.4, 0.5) is 5.69 Å². The molecule has 0 aliphatic heterocycles. The molecule has 20 heavy (non-hydrogen) atoms. The van der Waals surface area contributed by atoms with Crippen molar-refractivity contribution in [2.75, 3.05) is 19.5 Å². The van der Waals surface area contributed by atoms with Crippen LogP contribution in [0.3, 0.4) is 0 Å². The van der Waals surface area contributed by atoms with E-state index in [9.17, 15) is 0 Å². The summed E-state index contributed by atoms with van der Waals surface area (Å²) in [5.74, 6) is 1.09. The van der Waals surface area contributed by atoms with E-state index < -0.39 is 0 Å². The largest absolute Gasteiger partial charge is 0.399 e. The Morgan fingerprint density at radius 1 is 1.35 bits per heavy atom. The summed E-state index contributed by atoms with van der Waals surface area (Å²) < 4.78 is 7.70. The van der Waals surface area contributed by atoms with E-state index in [1.54, 1.807) is 7.11 Å². The van der Waals surface area contributed by atoms with Gasteiger partial charge in [-0.3, -0.25) is 0 Å². The number of methoxy groups -OCH3 is 1. The first-order valence-electron chi connectivity index (χ1n) is 7.15. The van der Waals surface area contributed by atoms with Crippen molar-refractivity contribution in [3.05, 3.63) is 24.0 Å². The van der Waals surface area contributed by atoms with E-state index in [0.717, 1.165) is 29.0 Å². The third kappa shape index (κ3) is 2.66. The minimum atomic E-state index is -0.0189. The lowest BCUT2D eigenvalue weighted by Gasteiger charge is -2.25. The summed E-state index contributed by atoms with van der Waals surface area (Å²) in [6, 6.07) is 6.24. The molecule has 1 aromatic heterocycles. The minimum Gasteiger partial charge on any atom is -0.399 e. The number of anilines is 1. The maximum Gasteiger partial charge on any atom is 0.115 e. The fourth-order valence-corrected chi connectivity index (χ4v) is 2.58. The van der Waals surface area contributed by atoms with Crippen LogP contribution in [0.1, 0.15) is 46.0 Å². The molecule has 2 aromatic rings. The quantitative estimate of drug-likeness (QED) is 0.869. The smallest absolute Gasteiger partial charge is 0.115 e. The van der Waals surface area contributed by atoms with Crippen LogP contribution in [0.15, 0.2) is 18.2 Å². The second kappa shape index (κ2) is 5.44. The summed E-state index contributed by atoms with van der Waals surface area (Å²) >= 11 is 0. The van der Waals surface area contributed by atoms with Crippen LogP contribution < -0.4 is 5.73 Å². The van der Waals surface area contributed by atoms with Gasteiger partial charge >= 0.3 is 0 Å². The number of rotatable bonds is 4. The summed E-state index contributed by atoms with van der Waals surface area (Å²) in [6.45, 7) is 9.43. The zero-order chi connectivity index (χ0) is 14.9. The molecule has 1 aromatic carbocycles. The number of nitrogens with zero attached hydrogens (tertiary/aromatic N) is 2. The molecule has 4 heteroatoms. The number of ether oxygens (including phenoxy) is 1. The standard InChI is InChI=1S/C16H25N3O/c1-6-12(10-20-5)19-14-8-7-11(17)9-13(14)18-15(19)16(2,3)4/h7-9,12H,6,10,17H2,1-5H3. The van der Waals surface area contributed by atoms with Crippen molar-refractivity contribution in [2.45, 2.75) is 45.6 Å². The zero-order valence-electron chi connectivity index (χ0n) is 13.1. The molecule has 0 radical (unpaired) electrons. The van der Waals surface area contributed by atoms with E-state index in [4.69, 9.17) is 15.5 Å². The van der Waals surface area contributed by atoms with Crippen LogP contribution in [0.5, 0.6) is 0 Å². The Morgan fingerprint density at radius 3 is 2.60 bits per heavy atom. The van der Waals surface area contributed by atoms with E-state index >= 15 is 0 Å². The van der Waals surface area contributed by atoms with Crippen LogP contribution in [0.25, 0.3) is 11.0 Å².